The van der Waals surface area contributed by atoms with E-state index in [0.717, 1.165) is 32.1 Å². The van der Waals surface area contributed by atoms with Crippen LogP contribution in [0, 0.1) is 5.92 Å². The molecule has 1 aliphatic heterocycles. The van der Waals surface area contributed by atoms with Crippen molar-refractivity contribution < 1.29 is 14.3 Å². The van der Waals surface area contributed by atoms with Crippen molar-refractivity contribution in [1.29, 1.82) is 0 Å². The molecule has 6 heteroatoms. The van der Waals surface area contributed by atoms with Crippen LogP contribution in [0.1, 0.15) is 62.5 Å². The van der Waals surface area contributed by atoms with Gasteiger partial charge in [-0.15, -0.1) is 11.3 Å². The van der Waals surface area contributed by atoms with Crippen LogP contribution in [0.4, 0.5) is 0 Å². The van der Waals surface area contributed by atoms with Gasteiger partial charge in [0.2, 0.25) is 5.91 Å². The average Bonchev–Trinajstić information content (AvgIpc) is 3.25. The molecule has 2 unspecified atom stereocenters. The lowest BCUT2D eigenvalue weighted by atomic mass is 9.83. The molecule has 0 aromatic carbocycles. The molecule has 1 aliphatic carbocycles. The van der Waals surface area contributed by atoms with Gasteiger partial charge in [-0.25, -0.2) is 0 Å². The fourth-order valence-corrected chi connectivity index (χ4v) is 4.40. The first-order chi connectivity index (χ1) is 12.0. The Hall–Kier alpha value is -1.40. The van der Waals surface area contributed by atoms with Crippen molar-refractivity contribution in [2.24, 2.45) is 5.92 Å². The lowest BCUT2D eigenvalue weighted by Crippen LogP contribution is -2.57. The minimum Gasteiger partial charge on any atom is -0.353 e. The number of carbonyl (C=O) groups is 2. The van der Waals surface area contributed by atoms with E-state index in [1.54, 1.807) is 4.90 Å². The van der Waals surface area contributed by atoms with E-state index in [1.807, 2.05) is 31.4 Å². The highest BCUT2D eigenvalue weighted by Gasteiger charge is 2.53. The van der Waals surface area contributed by atoms with E-state index >= 15 is 0 Å². The highest BCUT2D eigenvalue weighted by atomic mass is 32.1. The normalized spacial score (nSPS) is 30.4. The van der Waals surface area contributed by atoms with Gasteiger partial charge < -0.3 is 10.1 Å². The largest absolute Gasteiger partial charge is 0.353 e. The van der Waals surface area contributed by atoms with E-state index in [0.29, 0.717) is 10.8 Å². The van der Waals surface area contributed by atoms with Crippen molar-refractivity contribution in [3.63, 3.8) is 0 Å². The van der Waals surface area contributed by atoms with E-state index in [4.69, 9.17) is 4.74 Å². The van der Waals surface area contributed by atoms with Crippen LogP contribution in [-0.4, -0.2) is 41.1 Å². The number of nitrogens with one attached hydrogen (secondary N) is 1. The van der Waals surface area contributed by atoms with Gasteiger partial charge >= 0.3 is 0 Å². The van der Waals surface area contributed by atoms with Crippen molar-refractivity contribution in [1.82, 2.24) is 10.2 Å². The minimum absolute atomic E-state index is 0.0774. The second kappa shape index (κ2) is 7.46. The average molecular weight is 365 g/mol. The Morgan fingerprint density at radius 2 is 2.16 bits per heavy atom. The third-order valence-corrected chi connectivity index (χ3v) is 6.43. The van der Waals surface area contributed by atoms with Crippen LogP contribution in [0.5, 0.6) is 0 Å². The standard InChI is InChI=1S/C19H28N2O3S/c1-4-14(3)20-17(22)15-12-24-19(9-7-13(2)8-10-19)21(15)18(23)16-6-5-11-25-16/h5-6,11,13-15H,4,7-10,12H2,1-3H3,(H,20,22). The van der Waals surface area contributed by atoms with Gasteiger partial charge in [-0.2, -0.15) is 0 Å². The Labute approximate surface area is 153 Å². The maximum absolute atomic E-state index is 13.2. The Bertz CT molecular complexity index is 608. The zero-order valence-corrected chi connectivity index (χ0v) is 16.1. The van der Waals surface area contributed by atoms with Crippen LogP contribution in [0.2, 0.25) is 0 Å². The SMILES string of the molecule is CCC(C)NC(=O)C1COC2(CCC(C)CC2)N1C(=O)c1cccs1. The first kappa shape index (κ1) is 18.4. The van der Waals surface area contributed by atoms with E-state index in [9.17, 15) is 9.59 Å². The second-order valence-electron chi connectivity index (χ2n) is 7.43. The van der Waals surface area contributed by atoms with Crippen LogP contribution >= 0.6 is 11.3 Å². The van der Waals surface area contributed by atoms with Gasteiger partial charge in [0.25, 0.3) is 5.91 Å². The van der Waals surface area contributed by atoms with E-state index in [1.165, 1.54) is 11.3 Å². The summed E-state index contributed by atoms with van der Waals surface area (Å²) in [6.07, 6.45) is 4.51. The van der Waals surface area contributed by atoms with Crippen LogP contribution in [0.3, 0.4) is 0 Å². The van der Waals surface area contributed by atoms with Crippen LogP contribution in [-0.2, 0) is 9.53 Å². The fourth-order valence-electron chi connectivity index (χ4n) is 3.74. The quantitative estimate of drug-likeness (QED) is 0.891. The molecule has 5 nitrogen and oxygen atoms in total. The summed E-state index contributed by atoms with van der Waals surface area (Å²) >= 11 is 1.42. The van der Waals surface area contributed by atoms with Gasteiger partial charge in [0.05, 0.1) is 11.5 Å². The fraction of sp³-hybridized carbons (Fsp3) is 0.684. The molecule has 2 amide bonds. The van der Waals surface area contributed by atoms with E-state index in [2.05, 4.69) is 12.2 Å². The number of amides is 2. The molecule has 1 aromatic heterocycles. The third-order valence-electron chi connectivity index (χ3n) is 5.57. The van der Waals surface area contributed by atoms with Crippen LogP contribution < -0.4 is 5.32 Å². The van der Waals surface area contributed by atoms with Crippen molar-refractivity contribution in [3.8, 4) is 0 Å². The summed E-state index contributed by atoms with van der Waals surface area (Å²) in [5.41, 5.74) is -0.620. The van der Waals surface area contributed by atoms with Gasteiger partial charge in [0, 0.05) is 6.04 Å². The lowest BCUT2D eigenvalue weighted by Gasteiger charge is -2.42. The summed E-state index contributed by atoms with van der Waals surface area (Å²) in [5.74, 6) is 0.460. The maximum Gasteiger partial charge on any atom is 0.266 e. The molecule has 138 valence electrons. The van der Waals surface area contributed by atoms with Crippen molar-refractivity contribution >= 4 is 23.2 Å². The number of carbonyl (C=O) groups excluding carboxylic acids is 2. The predicted molar refractivity (Wildman–Crippen MR) is 98.5 cm³/mol. The maximum atomic E-state index is 13.2. The van der Waals surface area contributed by atoms with Crippen molar-refractivity contribution in [2.45, 2.75) is 70.7 Å². The third kappa shape index (κ3) is 3.60. The van der Waals surface area contributed by atoms with E-state index < -0.39 is 11.8 Å². The molecular weight excluding hydrogens is 336 g/mol. The second-order valence-corrected chi connectivity index (χ2v) is 8.37. The Kier molecular flexibility index (Phi) is 5.49. The summed E-state index contributed by atoms with van der Waals surface area (Å²) in [6.45, 7) is 6.54. The molecule has 0 radical (unpaired) electrons. The molecular formula is C19H28N2O3S. The lowest BCUT2D eigenvalue weighted by molar-refractivity contribution is -0.128. The molecule has 1 N–H and O–H groups in total. The number of hydrogen-bond acceptors (Lipinski definition) is 4. The summed E-state index contributed by atoms with van der Waals surface area (Å²) in [5, 5.41) is 4.92. The molecule has 1 saturated carbocycles. The summed E-state index contributed by atoms with van der Waals surface area (Å²) in [7, 11) is 0. The van der Waals surface area contributed by atoms with E-state index in [-0.39, 0.29) is 24.5 Å². The van der Waals surface area contributed by atoms with Gasteiger partial charge in [0.1, 0.15) is 11.8 Å². The number of rotatable bonds is 4. The topological polar surface area (TPSA) is 58.6 Å². The summed E-state index contributed by atoms with van der Waals surface area (Å²) in [6, 6.07) is 3.25. The minimum atomic E-state index is -0.620. The Morgan fingerprint density at radius 1 is 1.44 bits per heavy atom. The molecule has 2 heterocycles. The molecule has 2 fully saturated rings. The number of hydrogen-bond donors (Lipinski definition) is 1. The highest BCUT2D eigenvalue weighted by molar-refractivity contribution is 7.12. The van der Waals surface area contributed by atoms with Crippen molar-refractivity contribution in [3.05, 3.63) is 22.4 Å². The van der Waals surface area contributed by atoms with Gasteiger partial charge in [-0.1, -0.05) is 19.9 Å². The smallest absolute Gasteiger partial charge is 0.266 e. The highest BCUT2D eigenvalue weighted by Crippen LogP contribution is 2.43. The molecule has 0 bridgehead atoms. The predicted octanol–water partition coefficient (Wildman–Crippen LogP) is 3.41. The molecule has 1 aromatic rings. The molecule has 1 saturated heterocycles. The summed E-state index contributed by atoms with van der Waals surface area (Å²) in [4.78, 5) is 28.4. The van der Waals surface area contributed by atoms with Gasteiger partial charge in [-0.3, -0.25) is 14.5 Å². The number of thiophene rings is 1. The van der Waals surface area contributed by atoms with Crippen LogP contribution in [0.25, 0.3) is 0 Å². The Balaban J connectivity index is 1.87. The van der Waals surface area contributed by atoms with Gasteiger partial charge in [0.15, 0.2) is 0 Å². The first-order valence-electron chi connectivity index (χ1n) is 9.28. The molecule has 25 heavy (non-hydrogen) atoms. The molecule has 3 rings (SSSR count). The first-order valence-corrected chi connectivity index (χ1v) is 10.2. The molecule has 1 spiro atoms. The number of nitrogens with zero attached hydrogens (tertiary/aromatic N) is 1. The van der Waals surface area contributed by atoms with Crippen LogP contribution in [0.15, 0.2) is 17.5 Å². The zero-order chi connectivity index (χ0) is 18.0. The molecule has 2 atom stereocenters. The number of ether oxygens (including phenoxy) is 1. The molecule has 2 aliphatic rings. The van der Waals surface area contributed by atoms with Gasteiger partial charge in [-0.05, 0) is 56.4 Å². The zero-order valence-electron chi connectivity index (χ0n) is 15.3. The summed E-state index contributed by atoms with van der Waals surface area (Å²) < 4.78 is 6.16. The Morgan fingerprint density at radius 3 is 2.76 bits per heavy atom. The monoisotopic (exact) mass is 364 g/mol. The van der Waals surface area contributed by atoms with Crippen molar-refractivity contribution in [2.75, 3.05) is 6.61 Å².